The van der Waals surface area contributed by atoms with Crippen molar-refractivity contribution in [3.05, 3.63) is 71.0 Å². The quantitative estimate of drug-likeness (QED) is 0.485. The molecular weight excluding hydrogens is 403 g/mol. The molecule has 1 aliphatic rings. The molecule has 0 radical (unpaired) electrons. The smallest absolute Gasteiger partial charge is 0.220 e. The van der Waals surface area contributed by atoms with Gasteiger partial charge in [0.2, 0.25) is 5.91 Å². The van der Waals surface area contributed by atoms with E-state index in [0.717, 1.165) is 51.7 Å². The third-order valence-corrected chi connectivity index (χ3v) is 6.75. The van der Waals surface area contributed by atoms with E-state index in [2.05, 4.69) is 29.2 Å². The molecule has 2 aromatic carbocycles. The van der Waals surface area contributed by atoms with Crippen molar-refractivity contribution in [2.45, 2.75) is 63.9 Å². The van der Waals surface area contributed by atoms with Gasteiger partial charge in [-0.15, -0.1) is 0 Å². The maximum atomic E-state index is 13.7. The Balaban J connectivity index is 1.35. The highest BCUT2D eigenvalue weighted by Gasteiger charge is 2.21. The minimum Gasteiger partial charge on any atom is -0.388 e. The molecule has 0 saturated carbocycles. The number of aliphatic hydroxyl groups excluding tert-OH is 1. The minimum absolute atomic E-state index is 0.139. The van der Waals surface area contributed by atoms with Gasteiger partial charge in [0.1, 0.15) is 5.82 Å². The highest BCUT2D eigenvalue weighted by molar-refractivity contribution is 5.76. The molecule has 1 heterocycles. The van der Waals surface area contributed by atoms with Gasteiger partial charge in [0.05, 0.1) is 6.10 Å². The van der Waals surface area contributed by atoms with Crippen molar-refractivity contribution in [2.75, 3.05) is 19.6 Å². The van der Waals surface area contributed by atoms with Crippen molar-refractivity contribution in [2.24, 2.45) is 11.7 Å². The summed E-state index contributed by atoms with van der Waals surface area (Å²) < 4.78 is 13.7. The van der Waals surface area contributed by atoms with Gasteiger partial charge in [0.25, 0.3) is 0 Å². The van der Waals surface area contributed by atoms with E-state index in [1.165, 1.54) is 17.2 Å². The molecule has 4 nitrogen and oxygen atoms in total. The van der Waals surface area contributed by atoms with E-state index in [0.29, 0.717) is 24.3 Å². The van der Waals surface area contributed by atoms with Gasteiger partial charge < -0.3 is 15.7 Å². The molecule has 1 fully saturated rings. The maximum absolute atomic E-state index is 13.7. The number of piperidine rings is 1. The SMILES string of the molecule is CC(Cc1cccc(C2CCN(CCCCCC(O)c3ccccc3F)CC2)c1)C(N)=O. The van der Waals surface area contributed by atoms with E-state index >= 15 is 0 Å². The van der Waals surface area contributed by atoms with E-state index in [9.17, 15) is 14.3 Å². The Morgan fingerprint density at radius 2 is 1.88 bits per heavy atom. The number of benzene rings is 2. The highest BCUT2D eigenvalue weighted by atomic mass is 19.1. The first-order valence-electron chi connectivity index (χ1n) is 12.0. The molecule has 0 bridgehead atoms. The Hall–Kier alpha value is -2.24. The summed E-state index contributed by atoms with van der Waals surface area (Å²) in [5.41, 5.74) is 8.38. The van der Waals surface area contributed by atoms with Crippen LogP contribution in [0, 0.1) is 11.7 Å². The summed E-state index contributed by atoms with van der Waals surface area (Å²) in [6.45, 7) is 5.17. The average molecular weight is 441 g/mol. The molecule has 32 heavy (non-hydrogen) atoms. The molecular formula is C27H37FN2O2. The molecule has 0 spiro atoms. The zero-order chi connectivity index (χ0) is 22.9. The maximum Gasteiger partial charge on any atom is 0.220 e. The van der Waals surface area contributed by atoms with Gasteiger partial charge in [-0.1, -0.05) is 62.2 Å². The molecule has 0 aliphatic carbocycles. The Labute approximate surface area is 191 Å². The largest absolute Gasteiger partial charge is 0.388 e. The predicted octanol–water partition coefficient (Wildman–Crippen LogP) is 4.96. The number of unbranched alkanes of at least 4 members (excludes halogenated alkanes) is 2. The van der Waals surface area contributed by atoms with Crippen LogP contribution in [0.15, 0.2) is 48.5 Å². The highest BCUT2D eigenvalue weighted by Crippen LogP contribution is 2.29. The number of amides is 1. The Morgan fingerprint density at radius 1 is 1.12 bits per heavy atom. The van der Waals surface area contributed by atoms with Crippen LogP contribution in [0.25, 0.3) is 0 Å². The summed E-state index contributed by atoms with van der Waals surface area (Å²) in [5.74, 6) is -0.132. The van der Waals surface area contributed by atoms with E-state index in [4.69, 9.17) is 5.73 Å². The molecule has 1 saturated heterocycles. The van der Waals surface area contributed by atoms with Crippen LogP contribution < -0.4 is 5.73 Å². The summed E-state index contributed by atoms with van der Waals surface area (Å²) in [6, 6.07) is 15.1. The van der Waals surface area contributed by atoms with Crippen LogP contribution in [0.3, 0.4) is 0 Å². The molecule has 1 aliphatic heterocycles. The van der Waals surface area contributed by atoms with Crippen molar-refractivity contribution < 1.29 is 14.3 Å². The fourth-order valence-corrected chi connectivity index (χ4v) is 4.67. The average Bonchev–Trinajstić information content (AvgIpc) is 2.79. The first kappa shape index (κ1) is 24.4. The molecule has 1 amide bonds. The predicted molar refractivity (Wildman–Crippen MR) is 127 cm³/mol. The lowest BCUT2D eigenvalue weighted by Crippen LogP contribution is -2.33. The fourth-order valence-electron chi connectivity index (χ4n) is 4.67. The first-order chi connectivity index (χ1) is 15.4. The second-order valence-corrected chi connectivity index (χ2v) is 9.26. The first-order valence-corrected chi connectivity index (χ1v) is 12.0. The topological polar surface area (TPSA) is 66.6 Å². The van der Waals surface area contributed by atoms with E-state index in [1.54, 1.807) is 18.2 Å². The third-order valence-electron chi connectivity index (χ3n) is 6.75. The van der Waals surface area contributed by atoms with Crippen LogP contribution in [-0.2, 0) is 11.2 Å². The Morgan fingerprint density at radius 3 is 2.59 bits per heavy atom. The Bertz CT molecular complexity index is 864. The summed E-state index contributed by atoms with van der Waals surface area (Å²) >= 11 is 0. The number of hydrogen-bond acceptors (Lipinski definition) is 3. The van der Waals surface area contributed by atoms with E-state index < -0.39 is 6.10 Å². The number of rotatable bonds is 11. The zero-order valence-corrected chi connectivity index (χ0v) is 19.2. The molecule has 2 aromatic rings. The number of nitrogens with zero attached hydrogens (tertiary/aromatic N) is 1. The van der Waals surface area contributed by atoms with Crippen molar-refractivity contribution >= 4 is 5.91 Å². The molecule has 2 unspecified atom stereocenters. The van der Waals surface area contributed by atoms with Gasteiger partial charge in [-0.2, -0.15) is 0 Å². The number of aliphatic hydroxyl groups is 1. The van der Waals surface area contributed by atoms with E-state index in [1.807, 2.05) is 6.92 Å². The lowest BCUT2D eigenvalue weighted by atomic mass is 9.87. The summed E-state index contributed by atoms with van der Waals surface area (Å²) in [7, 11) is 0. The van der Waals surface area contributed by atoms with Crippen LogP contribution in [-0.4, -0.2) is 35.5 Å². The van der Waals surface area contributed by atoms with Crippen LogP contribution >= 0.6 is 0 Å². The van der Waals surface area contributed by atoms with Crippen molar-refractivity contribution in [3.63, 3.8) is 0 Å². The zero-order valence-electron chi connectivity index (χ0n) is 19.2. The van der Waals surface area contributed by atoms with Gasteiger partial charge in [-0.05, 0) is 74.8 Å². The lowest BCUT2D eigenvalue weighted by molar-refractivity contribution is -0.121. The minimum atomic E-state index is -0.714. The molecule has 174 valence electrons. The van der Waals surface area contributed by atoms with Gasteiger partial charge in [-0.25, -0.2) is 4.39 Å². The number of halogens is 1. The fraction of sp³-hybridized carbons (Fsp3) is 0.519. The second kappa shape index (κ2) is 12.1. The van der Waals surface area contributed by atoms with Gasteiger partial charge in [0.15, 0.2) is 0 Å². The summed E-state index contributed by atoms with van der Waals surface area (Å²) in [5, 5.41) is 10.2. The van der Waals surface area contributed by atoms with E-state index in [-0.39, 0.29) is 17.6 Å². The normalized spacial score (nSPS) is 17.2. The molecule has 2 atom stereocenters. The molecule has 3 rings (SSSR count). The van der Waals surface area contributed by atoms with Crippen molar-refractivity contribution in [3.8, 4) is 0 Å². The molecule has 0 aromatic heterocycles. The van der Waals surface area contributed by atoms with Gasteiger partial charge in [0, 0.05) is 11.5 Å². The monoisotopic (exact) mass is 440 g/mol. The summed E-state index contributed by atoms with van der Waals surface area (Å²) in [4.78, 5) is 13.9. The molecule has 5 heteroatoms. The Kier molecular flexibility index (Phi) is 9.24. The van der Waals surface area contributed by atoms with Crippen LogP contribution in [0.4, 0.5) is 4.39 Å². The van der Waals surface area contributed by atoms with Gasteiger partial charge >= 0.3 is 0 Å². The second-order valence-electron chi connectivity index (χ2n) is 9.26. The van der Waals surface area contributed by atoms with Crippen LogP contribution in [0.2, 0.25) is 0 Å². The third kappa shape index (κ3) is 7.14. The van der Waals surface area contributed by atoms with Crippen molar-refractivity contribution in [1.82, 2.24) is 4.90 Å². The number of likely N-dealkylation sites (tertiary alicyclic amines) is 1. The number of nitrogens with two attached hydrogens (primary N) is 1. The van der Waals surface area contributed by atoms with Crippen LogP contribution in [0.1, 0.15) is 74.2 Å². The van der Waals surface area contributed by atoms with Crippen molar-refractivity contribution in [1.29, 1.82) is 0 Å². The molecule has 3 N–H and O–H groups in total. The number of carbonyl (C=O) groups is 1. The lowest BCUT2D eigenvalue weighted by Gasteiger charge is -2.32. The van der Waals surface area contributed by atoms with Gasteiger partial charge in [-0.3, -0.25) is 4.79 Å². The van der Waals surface area contributed by atoms with Crippen LogP contribution in [0.5, 0.6) is 0 Å². The number of primary amides is 1. The number of carbonyl (C=O) groups excluding carboxylic acids is 1. The standard InChI is InChI=1S/C27H37FN2O2/c1-20(27(29)32)18-21-8-7-9-23(19-21)22-13-16-30(17-14-22)15-6-2-3-12-26(31)24-10-4-5-11-25(24)28/h4-5,7-11,19-20,22,26,31H,2-3,6,12-18H2,1H3,(H2,29,32). The number of hydrogen-bond donors (Lipinski definition) is 2. The summed E-state index contributed by atoms with van der Waals surface area (Å²) in [6.07, 6.45) is 5.96.